The summed E-state index contributed by atoms with van der Waals surface area (Å²) >= 11 is 4.76. The van der Waals surface area contributed by atoms with Crippen LogP contribution in [0.5, 0.6) is 86.2 Å². The molecule has 16 aromatic rings. The van der Waals surface area contributed by atoms with Crippen LogP contribution in [0.2, 0.25) is 0 Å². The van der Waals surface area contributed by atoms with Crippen LogP contribution in [0, 0.1) is 24.9 Å². The fraction of sp³-hybridized carbons (Fsp3) is 0.243. The molecule has 0 N–H and O–H groups in total. The molecule has 15 nitrogen and oxygen atoms in total. The van der Waals surface area contributed by atoms with Crippen LogP contribution in [0.3, 0.4) is 0 Å². The van der Waals surface area contributed by atoms with E-state index >= 15 is 0 Å². The highest BCUT2D eigenvalue weighted by atomic mass is 127. The normalized spacial score (nSPS) is 17.7. The molecule has 3 heterocycles. The van der Waals surface area contributed by atoms with Crippen molar-refractivity contribution in [3.63, 3.8) is 0 Å². The number of fused-ring (bicyclic) bond motifs is 15. The Hall–Kier alpha value is -12.0. The van der Waals surface area contributed by atoms with Crippen LogP contribution in [0.25, 0.3) is 75.8 Å². The first-order chi connectivity index (χ1) is 62.1. The third kappa shape index (κ3) is 16.8. The van der Waals surface area contributed by atoms with E-state index in [9.17, 15) is 0 Å². The molecule has 128 heavy (non-hydrogen) atoms. The Morgan fingerprint density at radius 1 is 0.297 bits per heavy atom. The number of ether oxygens (including phenoxy) is 15. The van der Waals surface area contributed by atoms with Crippen molar-refractivity contribution in [2.24, 2.45) is 17.8 Å². The van der Waals surface area contributed by atoms with Crippen LogP contribution < -0.4 is 56.8 Å². The minimum Gasteiger partial charge on any atom is -0.497 e. The van der Waals surface area contributed by atoms with E-state index in [1.54, 1.807) is 85.3 Å². The van der Waals surface area contributed by atoms with Gasteiger partial charge < -0.3 is 71.1 Å². The van der Waals surface area contributed by atoms with E-state index < -0.39 is 0 Å². The van der Waals surface area contributed by atoms with Crippen molar-refractivity contribution in [2.75, 3.05) is 92.1 Å². The molecule has 3 unspecified atom stereocenters. The van der Waals surface area contributed by atoms with Gasteiger partial charge in [-0.05, 0) is 311 Å². The molecule has 7 aliphatic rings. The average Bonchev–Trinajstić information content (AvgIpc) is 0.729. The second kappa shape index (κ2) is 38.1. The molecule has 4 bridgehead atoms. The van der Waals surface area contributed by atoms with Crippen molar-refractivity contribution in [1.29, 1.82) is 0 Å². The summed E-state index contributed by atoms with van der Waals surface area (Å²) in [4.78, 5) is 0. The lowest BCUT2D eigenvalue weighted by molar-refractivity contribution is -0.203. The number of hydrogen-bond acceptors (Lipinski definition) is 15. The summed E-state index contributed by atoms with van der Waals surface area (Å²) in [5, 5.41) is 13.3. The van der Waals surface area contributed by atoms with Gasteiger partial charge >= 0.3 is 0 Å². The molecule has 23 rings (SSSR count). The van der Waals surface area contributed by atoms with Gasteiger partial charge in [-0.25, -0.2) is 0 Å². The van der Waals surface area contributed by atoms with Gasteiger partial charge in [0.15, 0.2) is 0 Å². The molecule has 0 spiro atoms. The van der Waals surface area contributed by atoms with Gasteiger partial charge in [0.25, 0.3) is 0 Å². The third-order valence-corrected chi connectivity index (χ3v) is 27.3. The largest absolute Gasteiger partial charge is 0.497 e. The maximum absolute atomic E-state index is 6.70. The average molecular weight is 1930 g/mol. The van der Waals surface area contributed by atoms with Gasteiger partial charge in [-0.15, -0.1) is 0 Å². The van der Waals surface area contributed by atoms with E-state index in [4.69, 9.17) is 66.3 Å². The first-order valence-electron chi connectivity index (χ1n) is 42.7. The lowest BCUT2D eigenvalue weighted by Crippen LogP contribution is -2.52. The number of para-hydroxylation sites is 1. The molecular weight excluding hydrogens is 1830 g/mol. The van der Waals surface area contributed by atoms with E-state index in [0.717, 1.165) is 237 Å². The molecule has 3 atom stereocenters. The van der Waals surface area contributed by atoms with Gasteiger partial charge in [-0.2, -0.15) is 0 Å². The molecule has 0 aromatic heterocycles. The second-order valence-corrected chi connectivity index (χ2v) is 35.5. The molecule has 16 aromatic carbocycles. The fourth-order valence-electron chi connectivity index (χ4n) is 20.7. The molecule has 652 valence electrons. The zero-order chi connectivity index (χ0) is 87.7. The van der Waals surface area contributed by atoms with E-state index in [-0.39, 0.29) is 30.8 Å². The Labute approximate surface area is 775 Å². The molecule has 4 fully saturated rings. The molecule has 4 aliphatic carbocycles. The lowest BCUT2D eigenvalue weighted by atomic mass is 9.54. The topological polar surface area (TPSA) is 138 Å². The molecule has 0 amide bonds. The maximum Gasteiger partial charge on any atom is 0.147 e. The van der Waals surface area contributed by atoms with Gasteiger partial charge in [0, 0.05) is 92.7 Å². The molecule has 0 saturated heterocycles. The summed E-state index contributed by atoms with van der Waals surface area (Å²) in [5.74, 6) is 14.9. The zero-order valence-corrected chi connectivity index (χ0v) is 77.5. The van der Waals surface area contributed by atoms with Crippen molar-refractivity contribution in [3.05, 3.63) is 324 Å². The van der Waals surface area contributed by atoms with Crippen LogP contribution in [-0.2, 0) is 14.2 Å². The summed E-state index contributed by atoms with van der Waals surface area (Å²) in [6, 6.07) is 91.7. The first kappa shape index (κ1) is 88.1. The van der Waals surface area contributed by atoms with Crippen LogP contribution in [0.4, 0.5) is 0 Å². The Morgan fingerprint density at radius 2 is 0.633 bits per heavy atom. The summed E-state index contributed by atoms with van der Waals surface area (Å²) in [5.41, 5.74) is 12.3. The number of halogens is 2. The maximum atomic E-state index is 6.70. The number of hydrogen-bond donors (Lipinski definition) is 0. The highest BCUT2D eigenvalue weighted by Gasteiger charge is 2.52. The van der Waals surface area contributed by atoms with Gasteiger partial charge in [0.05, 0.1) is 73.2 Å². The fourth-order valence-corrected chi connectivity index (χ4v) is 22.7. The SMILES string of the molecule is C.COC.COCOC12CC3CC(CC(C3)C1)C2.COc1ccc2ccc(OC)c(C3c4cc(I)cc(I)c4Oc4ccc5ccc(OC)cc5c43)c2c1.COc1ccc2ccc(OC)c(C3c4ccc(-c5ccccc5)cc4Oc4ccc5ccc(OC)cc5c43)c2c1.COc1ccc2ccc(OC)c(C3c4ccccc4Oc4ccc5ccc(OC)cc5c43)c2c1. The number of methoxy groups -OCH3 is 11. The molecule has 17 heteroatoms. The molecule has 0 radical (unpaired) electrons. The predicted octanol–water partition coefficient (Wildman–Crippen LogP) is 28.3. The first-order valence-corrected chi connectivity index (χ1v) is 44.9. The monoisotopic (exact) mass is 1930 g/mol. The van der Waals surface area contributed by atoms with Crippen molar-refractivity contribution in [1.82, 2.24) is 0 Å². The van der Waals surface area contributed by atoms with Crippen molar-refractivity contribution >= 4 is 110 Å². The van der Waals surface area contributed by atoms with Crippen LogP contribution in [-0.4, -0.2) is 97.7 Å². The van der Waals surface area contributed by atoms with Gasteiger partial charge in [0.2, 0.25) is 0 Å². The minimum absolute atomic E-state index is 0. The van der Waals surface area contributed by atoms with Crippen LogP contribution in [0.15, 0.2) is 267 Å². The summed E-state index contributed by atoms with van der Waals surface area (Å²) < 4.78 is 89.0. The van der Waals surface area contributed by atoms with Crippen LogP contribution >= 0.6 is 45.2 Å². The van der Waals surface area contributed by atoms with E-state index in [1.165, 1.54) is 38.5 Å². The quantitative estimate of drug-likeness (QED) is 0.0669. The molecule has 4 saturated carbocycles. The minimum atomic E-state index is -0.162. The number of benzene rings is 16. The summed E-state index contributed by atoms with van der Waals surface area (Å²) in [6.45, 7) is 0.492. The molecule has 3 aliphatic heterocycles. The number of rotatable bonds is 16. The van der Waals surface area contributed by atoms with E-state index in [1.807, 2.05) is 60.7 Å². The third-order valence-electron chi connectivity index (χ3n) is 25.9. The summed E-state index contributed by atoms with van der Waals surface area (Å²) in [6.07, 6.45) is 8.37. The summed E-state index contributed by atoms with van der Waals surface area (Å²) in [7, 11) is 20.3. The van der Waals surface area contributed by atoms with E-state index in [2.05, 4.69) is 256 Å². The van der Waals surface area contributed by atoms with Crippen LogP contribution in [0.1, 0.15) is 114 Å². The Kier molecular flexibility index (Phi) is 26.2. The van der Waals surface area contributed by atoms with E-state index in [0.29, 0.717) is 6.79 Å². The Bertz CT molecular complexity index is 6780. The predicted molar refractivity (Wildman–Crippen MR) is 529 cm³/mol. The highest BCUT2D eigenvalue weighted by Crippen LogP contribution is 2.61. The lowest BCUT2D eigenvalue weighted by Gasteiger charge is -2.56. The standard InChI is InChI=1S/C36H28O4.C30H22I2O4.C30H24O4.C12H20O2.C2H6O.CH4/c1-37-26-14-9-23-12-17-31(39-3)34(29(23)20-26)36-28-16-11-25(22-7-5-4-6-8-22)19-33(28)40-32-18-13-24-10-15-27(38-2)21-30(24)35(32)36;1-33-19-8-4-16-6-10-25(35-3)27(21(16)14-19)29-23-12-18(31)13-24(32)30(23)36-26-11-7-17-5-9-20(34-2)15-22(17)28(26)29;1-31-20-12-8-18-10-14-26(33-3)28(23(18)16-20)30-22-6-4-5-7-25(22)34-27-15-11-19-9-13-21(32-2)17-24(19)29(27)30;1-13-8-14-12-5-9-2-10(6-12)4-11(3-9)7-12;1-3-2;/h4-21,36H,1-3H3;4-15,29H,1-3H3;4-17,30H,1-3H3;9-11H,2-8H2,1H3;1-2H3;1H4. The van der Waals surface area contributed by atoms with Crippen molar-refractivity contribution in [3.8, 4) is 97.4 Å². The highest BCUT2D eigenvalue weighted by molar-refractivity contribution is 14.1. The van der Waals surface area contributed by atoms with Gasteiger partial charge in [-0.1, -0.05) is 141 Å². The molecular formula is C111H104I2O15. The van der Waals surface area contributed by atoms with Crippen molar-refractivity contribution in [2.45, 2.75) is 69.3 Å². The zero-order valence-electron chi connectivity index (χ0n) is 73.2. The van der Waals surface area contributed by atoms with Gasteiger partial charge in [0.1, 0.15) is 93.0 Å². The Balaban J connectivity index is 0.000000123. The smallest absolute Gasteiger partial charge is 0.147 e. The second-order valence-electron chi connectivity index (χ2n) is 33.1. The Morgan fingerprint density at radius 3 is 1.02 bits per heavy atom. The van der Waals surface area contributed by atoms with Gasteiger partial charge in [-0.3, -0.25) is 0 Å². The van der Waals surface area contributed by atoms with Crippen molar-refractivity contribution < 1.29 is 71.1 Å².